The maximum atomic E-state index is 13.2. The fourth-order valence-corrected chi connectivity index (χ4v) is 8.66. The standard InChI is InChI=1S/C55H107NO5/c1-4-7-10-13-16-19-22-24-26-27-28-30-33-36-39-42-45-48-55(60)61-51(46-43-40-37-34-32-29-25-23-20-17-14-11-8-5-2)49-54(59)56-52(50-57)53(58)47-44-41-38-35-31-21-18-15-12-9-6-3/h29,32,51-53,57-58H,4-28,30-31,33-50H2,1-3H3,(H,56,59)/b32-29+. The summed E-state index contributed by atoms with van der Waals surface area (Å²) in [4.78, 5) is 26.2. The average molecular weight is 862 g/mol. The second kappa shape index (κ2) is 49.6. The summed E-state index contributed by atoms with van der Waals surface area (Å²) in [5, 5.41) is 23.8. The lowest BCUT2D eigenvalue weighted by atomic mass is 10.0. The van der Waals surface area contributed by atoms with Crippen LogP contribution in [0.1, 0.15) is 303 Å². The first-order chi connectivity index (χ1) is 30.0. The lowest BCUT2D eigenvalue weighted by molar-refractivity contribution is -0.151. The highest BCUT2D eigenvalue weighted by molar-refractivity contribution is 5.77. The molecule has 0 rings (SSSR count). The van der Waals surface area contributed by atoms with Crippen molar-refractivity contribution in [2.45, 2.75) is 322 Å². The van der Waals surface area contributed by atoms with Gasteiger partial charge in [-0.25, -0.2) is 0 Å². The van der Waals surface area contributed by atoms with Crippen molar-refractivity contribution < 1.29 is 24.5 Å². The molecule has 6 nitrogen and oxygen atoms in total. The van der Waals surface area contributed by atoms with E-state index < -0.39 is 18.2 Å². The fraction of sp³-hybridized carbons (Fsp3) is 0.927. The van der Waals surface area contributed by atoms with Gasteiger partial charge in [0.15, 0.2) is 0 Å². The van der Waals surface area contributed by atoms with E-state index in [0.29, 0.717) is 19.3 Å². The average Bonchev–Trinajstić information content (AvgIpc) is 3.25. The van der Waals surface area contributed by atoms with E-state index in [4.69, 9.17) is 4.74 Å². The molecule has 0 aliphatic heterocycles. The van der Waals surface area contributed by atoms with Gasteiger partial charge in [-0.15, -0.1) is 0 Å². The minimum atomic E-state index is -0.785. The van der Waals surface area contributed by atoms with E-state index in [9.17, 15) is 19.8 Å². The van der Waals surface area contributed by atoms with Crippen LogP contribution in [0.15, 0.2) is 12.2 Å². The topological polar surface area (TPSA) is 95.9 Å². The maximum Gasteiger partial charge on any atom is 0.306 e. The molecule has 0 bridgehead atoms. The number of aliphatic hydroxyl groups is 2. The van der Waals surface area contributed by atoms with Crippen LogP contribution in [0.2, 0.25) is 0 Å². The van der Waals surface area contributed by atoms with E-state index in [2.05, 4.69) is 38.2 Å². The van der Waals surface area contributed by atoms with E-state index in [1.54, 1.807) is 0 Å². The Kier molecular flexibility index (Phi) is 48.5. The lowest BCUT2D eigenvalue weighted by Crippen LogP contribution is -2.46. The first kappa shape index (κ1) is 59.6. The van der Waals surface area contributed by atoms with Gasteiger partial charge in [0.05, 0.1) is 25.2 Å². The van der Waals surface area contributed by atoms with Crippen LogP contribution in [0, 0.1) is 0 Å². The number of hydrogen-bond acceptors (Lipinski definition) is 5. The Morgan fingerprint density at radius 1 is 0.459 bits per heavy atom. The smallest absolute Gasteiger partial charge is 0.306 e. The van der Waals surface area contributed by atoms with Gasteiger partial charge in [0.2, 0.25) is 5.91 Å². The predicted octanol–water partition coefficient (Wildman–Crippen LogP) is 16.5. The Balaban J connectivity index is 4.52. The van der Waals surface area contributed by atoms with Gasteiger partial charge < -0.3 is 20.3 Å². The number of unbranched alkanes of at least 4 members (excludes halogenated alkanes) is 36. The Labute approximate surface area is 380 Å². The first-order valence-electron chi connectivity index (χ1n) is 27.4. The van der Waals surface area contributed by atoms with Crippen molar-refractivity contribution >= 4 is 11.9 Å². The summed E-state index contributed by atoms with van der Waals surface area (Å²) in [6, 6.07) is -0.699. The summed E-state index contributed by atoms with van der Waals surface area (Å²) in [7, 11) is 0. The van der Waals surface area contributed by atoms with Crippen LogP contribution in [0.25, 0.3) is 0 Å². The molecule has 362 valence electrons. The molecule has 0 radical (unpaired) electrons. The molecule has 3 N–H and O–H groups in total. The number of hydrogen-bond donors (Lipinski definition) is 3. The molecule has 3 unspecified atom stereocenters. The molecule has 0 aliphatic rings. The normalized spacial score (nSPS) is 13.2. The molecule has 0 saturated heterocycles. The van der Waals surface area contributed by atoms with Gasteiger partial charge in [-0.05, 0) is 51.4 Å². The largest absolute Gasteiger partial charge is 0.462 e. The zero-order chi connectivity index (χ0) is 44.5. The molecule has 0 fully saturated rings. The molecule has 0 aromatic rings. The minimum Gasteiger partial charge on any atom is -0.462 e. The van der Waals surface area contributed by atoms with Gasteiger partial charge in [0.1, 0.15) is 6.10 Å². The Morgan fingerprint density at radius 2 is 0.787 bits per heavy atom. The molecule has 61 heavy (non-hydrogen) atoms. The quantitative estimate of drug-likeness (QED) is 0.0322. The van der Waals surface area contributed by atoms with Crippen LogP contribution in [0.4, 0.5) is 0 Å². The molecule has 6 heteroatoms. The van der Waals surface area contributed by atoms with Crippen molar-refractivity contribution in [3.8, 4) is 0 Å². The monoisotopic (exact) mass is 862 g/mol. The number of aliphatic hydroxyl groups excluding tert-OH is 2. The Morgan fingerprint density at radius 3 is 1.18 bits per heavy atom. The third kappa shape index (κ3) is 45.0. The van der Waals surface area contributed by atoms with Gasteiger partial charge in [0.25, 0.3) is 0 Å². The summed E-state index contributed by atoms with van der Waals surface area (Å²) >= 11 is 0. The second-order valence-electron chi connectivity index (χ2n) is 19.0. The highest BCUT2D eigenvalue weighted by atomic mass is 16.5. The van der Waals surface area contributed by atoms with Gasteiger partial charge in [-0.3, -0.25) is 9.59 Å². The van der Waals surface area contributed by atoms with E-state index >= 15 is 0 Å². The van der Waals surface area contributed by atoms with E-state index in [-0.39, 0.29) is 24.9 Å². The molecule has 0 aromatic heterocycles. The Bertz CT molecular complexity index is 924. The van der Waals surface area contributed by atoms with Crippen LogP contribution < -0.4 is 5.32 Å². The van der Waals surface area contributed by atoms with E-state index in [1.165, 1.54) is 199 Å². The molecule has 3 atom stereocenters. The number of allylic oxidation sites excluding steroid dienone is 2. The van der Waals surface area contributed by atoms with Crippen molar-refractivity contribution in [1.82, 2.24) is 5.32 Å². The minimum absolute atomic E-state index is 0.0742. The number of ether oxygens (including phenoxy) is 1. The number of rotatable bonds is 50. The van der Waals surface area contributed by atoms with E-state index in [1.807, 2.05) is 0 Å². The third-order valence-corrected chi connectivity index (χ3v) is 12.8. The summed E-state index contributed by atoms with van der Waals surface area (Å²) < 4.78 is 5.94. The number of carbonyl (C=O) groups excluding carboxylic acids is 2. The van der Waals surface area contributed by atoms with Crippen molar-refractivity contribution in [3.63, 3.8) is 0 Å². The summed E-state index contributed by atoms with van der Waals surface area (Å²) in [6.45, 7) is 6.50. The highest BCUT2D eigenvalue weighted by Crippen LogP contribution is 2.18. The molecule has 0 aliphatic carbocycles. The van der Waals surface area contributed by atoms with Gasteiger partial charge in [-0.1, -0.05) is 251 Å². The number of amides is 1. The van der Waals surface area contributed by atoms with Gasteiger partial charge >= 0.3 is 5.97 Å². The molecular weight excluding hydrogens is 755 g/mol. The van der Waals surface area contributed by atoms with Crippen LogP contribution in [-0.2, 0) is 14.3 Å². The van der Waals surface area contributed by atoms with Crippen LogP contribution in [-0.4, -0.2) is 46.9 Å². The van der Waals surface area contributed by atoms with Gasteiger partial charge in [-0.2, -0.15) is 0 Å². The van der Waals surface area contributed by atoms with Crippen molar-refractivity contribution in [3.05, 3.63) is 12.2 Å². The Hall–Kier alpha value is -1.40. The lowest BCUT2D eigenvalue weighted by Gasteiger charge is -2.24. The second-order valence-corrected chi connectivity index (χ2v) is 19.0. The number of carbonyl (C=O) groups is 2. The van der Waals surface area contributed by atoms with Gasteiger partial charge in [0, 0.05) is 6.42 Å². The zero-order valence-corrected chi connectivity index (χ0v) is 41.3. The summed E-state index contributed by atoms with van der Waals surface area (Å²) in [5.74, 6) is -0.469. The van der Waals surface area contributed by atoms with Crippen molar-refractivity contribution in [2.75, 3.05) is 6.61 Å². The van der Waals surface area contributed by atoms with Crippen molar-refractivity contribution in [2.24, 2.45) is 0 Å². The highest BCUT2D eigenvalue weighted by Gasteiger charge is 2.24. The molecule has 0 saturated carbocycles. The maximum absolute atomic E-state index is 13.2. The molecule has 0 heterocycles. The summed E-state index contributed by atoms with van der Waals surface area (Å²) in [5.41, 5.74) is 0. The van der Waals surface area contributed by atoms with Crippen LogP contribution in [0.5, 0.6) is 0 Å². The molecule has 0 aromatic carbocycles. The predicted molar refractivity (Wildman–Crippen MR) is 264 cm³/mol. The number of nitrogens with one attached hydrogen (secondary N) is 1. The molecule has 1 amide bonds. The van der Waals surface area contributed by atoms with E-state index in [0.717, 1.165) is 57.8 Å². The molecular formula is C55H107NO5. The SMILES string of the molecule is CCCCCCCCC/C=C/CCCCCC(CC(=O)NC(CO)C(O)CCCCCCCCCCCCC)OC(=O)CCCCCCCCCCCCCCCCCCC. The number of esters is 1. The fourth-order valence-electron chi connectivity index (χ4n) is 8.66. The van der Waals surface area contributed by atoms with Crippen LogP contribution >= 0.6 is 0 Å². The van der Waals surface area contributed by atoms with Crippen molar-refractivity contribution in [1.29, 1.82) is 0 Å². The first-order valence-corrected chi connectivity index (χ1v) is 27.4. The molecule has 0 spiro atoms. The third-order valence-electron chi connectivity index (χ3n) is 12.8. The van der Waals surface area contributed by atoms with Crippen LogP contribution in [0.3, 0.4) is 0 Å². The zero-order valence-electron chi connectivity index (χ0n) is 41.3. The summed E-state index contributed by atoms with van der Waals surface area (Å²) in [6.07, 6.45) is 55.6.